The minimum absolute atomic E-state index is 0.0282. The van der Waals surface area contributed by atoms with Crippen LogP contribution in [0, 0.1) is 5.92 Å². The van der Waals surface area contributed by atoms with Gasteiger partial charge in [-0.25, -0.2) is 0 Å². The summed E-state index contributed by atoms with van der Waals surface area (Å²) < 4.78 is 0. The number of piperidine rings is 1. The van der Waals surface area contributed by atoms with Crippen LogP contribution in [0.5, 0.6) is 0 Å². The number of hydrogen-bond donors (Lipinski definition) is 1. The normalized spacial score (nSPS) is 26.3. The number of hydrogen-bond acceptors (Lipinski definition) is 2. The van der Waals surface area contributed by atoms with Gasteiger partial charge in [0.1, 0.15) is 0 Å². The van der Waals surface area contributed by atoms with E-state index in [1.165, 1.54) is 17.6 Å². The zero-order valence-electron chi connectivity index (χ0n) is 12.7. The lowest BCUT2D eigenvalue weighted by Crippen LogP contribution is -2.50. The summed E-state index contributed by atoms with van der Waals surface area (Å²) in [6.45, 7) is 4.79. The second-order valence-corrected chi connectivity index (χ2v) is 6.27. The number of nitrogens with one attached hydrogen (secondary N) is 1. The Bertz CT molecular complexity index is 523. The first-order chi connectivity index (χ1) is 10.2. The molecule has 0 aromatic heterocycles. The predicted molar refractivity (Wildman–Crippen MR) is 85.8 cm³/mol. The Hall–Kier alpha value is -1.61. The fourth-order valence-electron chi connectivity index (χ4n) is 3.30. The van der Waals surface area contributed by atoms with E-state index in [0.717, 1.165) is 32.5 Å². The van der Waals surface area contributed by atoms with Crippen molar-refractivity contribution >= 4 is 11.5 Å². The van der Waals surface area contributed by atoms with Gasteiger partial charge in [0, 0.05) is 13.1 Å². The molecule has 2 unspecified atom stereocenters. The van der Waals surface area contributed by atoms with Gasteiger partial charge >= 0.3 is 0 Å². The minimum Gasteiger partial charge on any atom is -0.337 e. The van der Waals surface area contributed by atoms with E-state index in [9.17, 15) is 4.79 Å². The van der Waals surface area contributed by atoms with Gasteiger partial charge in [-0.15, -0.1) is 0 Å². The lowest BCUT2D eigenvalue weighted by Gasteiger charge is -2.34. The van der Waals surface area contributed by atoms with Gasteiger partial charge in [0.15, 0.2) is 0 Å². The summed E-state index contributed by atoms with van der Waals surface area (Å²) in [6.07, 6.45) is 5.33. The topological polar surface area (TPSA) is 32.3 Å². The summed E-state index contributed by atoms with van der Waals surface area (Å²) in [5, 5.41) is 3.38. The van der Waals surface area contributed by atoms with Crippen LogP contribution in [0.15, 0.2) is 36.4 Å². The summed E-state index contributed by atoms with van der Waals surface area (Å²) in [6, 6.07) is 10.5. The van der Waals surface area contributed by atoms with E-state index in [4.69, 9.17) is 0 Å². The third kappa shape index (κ3) is 3.35. The van der Waals surface area contributed by atoms with Gasteiger partial charge in [0.25, 0.3) is 0 Å². The van der Waals surface area contributed by atoms with Crippen LogP contribution in [-0.2, 0) is 4.79 Å². The van der Waals surface area contributed by atoms with Gasteiger partial charge < -0.3 is 10.2 Å². The fourth-order valence-corrected chi connectivity index (χ4v) is 3.30. The second kappa shape index (κ2) is 6.44. The van der Waals surface area contributed by atoms with Crippen LogP contribution < -0.4 is 5.32 Å². The molecular weight excluding hydrogens is 260 g/mol. The van der Waals surface area contributed by atoms with Crippen molar-refractivity contribution in [3.05, 3.63) is 42.0 Å². The molecule has 0 bridgehead atoms. The van der Waals surface area contributed by atoms with Crippen LogP contribution >= 0.6 is 0 Å². The summed E-state index contributed by atoms with van der Waals surface area (Å²) >= 11 is 0. The lowest BCUT2D eigenvalue weighted by atomic mass is 9.93. The van der Waals surface area contributed by atoms with Crippen molar-refractivity contribution in [1.82, 2.24) is 10.2 Å². The summed E-state index contributed by atoms with van der Waals surface area (Å²) in [5.74, 6) is 0.935. The standard InChI is InChI=1S/C18H24N2O/c1-14-7-10-19-17(13-14)18(21)20-11-8-16(9-12-20)15-5-3-2-4-6-15/h2-6,8,14,17,19H,7,9-13H2,1H3. The van der Waals surface area contributed by atoms with Gasteiger partial charge in [-0.3, -0.25) is 4.79 Å². The van der Waals surface area contributed by atoms with Crippen LogP contribution in [0.25, 0.3) is 5.57 Å². The van der Waals surface area contributed by atoms with Crippen LogP contribution in [0.4, 0.5) is 0 Å². The highest BCUT2D eigenvalue weighted by molar-refractivity contribution is 5.83. The quantitative estimate of drug-likeness (QED) is 0.905. The number of carbonyl (C=O) groups excluding carboxylic acids is 1. The Morgan fingerprint density at radius 1 is 1.29 bits per heavy atom. The van der Waals surface area contributed by atoms with Crippen LogP contribution in [0.1, 0.15) is 31.7 Å². The molecule has 0 saturated carbocycles. The van der Waals surface area contributed by atoms with Crippen molar-refractivity contribution in [2.45, 2.75) is 32.2 Å². The number of carbonyl (C=O) groups is 1. The van der Waals surface area contributed by atoms with E-state index in [0.29, 0.717) is 5.92 Å². The molecule has 1 N–H and O–H groups in total. The van der Waals surface area contributed by atoms with Gasteiger partial charge in [-0.2, -0.15) is 0 Å². The summed E-state index contributed by atoms with van der Waals surface area (Å²) in [7, 11) is 0. The molecule has 0 aliphatic carbocycles. The second-order valence-electron chi connectivity index (χ2n) is 6.27. The highest BCUT2D eigenvalue weighted by Gasteiger charge is 2.29. The molecule has 2 heterocycles. The molecule has 3 nitrogen and oxygen atoms in total. The van der Waals surface area contributed by atoms with Gasteiger partial charge in [0.05, 0.1) is 6.04 Å². The monoisotopic (exact) mass is 284 g/mol. The van der Waals surface area contributed by atoms with Crippen LogP contribution in [-0.4, -0.2) is 36.5 Å². The van der Waals surface area contributed by atoms with Crippen LogP contribution in [0.2, 0.25) is 0 Å². The van der Waals surface area contributed by atoms with E-state index in [2.05, 4.69) is 42.6 Å². The van der Waals surface area contributed by atoms with E-state index in [1.54, 1.807) is 0 Å². The van der Waals surface area contributed by atoms with Gasteiger partial charge in [-0.1, -0.05) is 43.3 Å². The van der Waals surface area contributed by atoms with Crippen molar-refractivity contribution in [3.63, 3.8) is 0 Å². The number of amides is 1. The molecule has 112 valence electrons. The molecule has 2 atom stereocenters. The zero-order chi connectivity index (χ0) is 14.7. The summed E-state index contributed by atoms with van der Waals surface area (Å²) in [4.78, 5) is 14.6. The molecule has 21 heavy (non-hydrogen) atoms. The molecule has 2 aliphatic heterocycles. The van der Waals surface area contributed by atoms with E-state index in [-0.39, 0.29) is 11.9 Å². The molecule has 2 aliphatic rings. The van der Waals surface area contributed by atoms with E-state index < -0.39 is 0 Å². The molecule has 1 amide bonds. The van der Waals surface area contributed by atoms with Gasteiger partial charge in [-0.05, 0) is 42.9 Å². The number of nitrogens with zero attached hydrogens (tertiary/aromatic N) is 1. The Kier molecular flexibility index (Phi) is 4.39. The van der Waals surface area contributed by atoms with Crippen molar-refractivity contribution in [2.75, 3.05) is 19.6 Å². The van der Waals surface area contributed by atoms with Crippen LogP contribution in [0.3, 0.4) is 0 Å². The maximum atomic E-state index is 12.6. The van der Waals surface area contributed by atoms with Crippen molar-refractivity contribution in [1.29, 1.82) is 0 Å². The molecule has 1 aromatic rings. The SMILES string of the molecule is CC1CCNC(C(=O)N2CC=C(c3ccccc3)CC2)C1. The van der Waals surface area contributed by atoms with E-state index in [1.807, 2.05) is 11.0 Å². The van der Waals surface area contributed by atoms with Gasteiger partial charge in [0.2, 0.25) is 5.91 Å². The molecule has 3 rings (SSSR count). The molecule has 1 aromatic carbocycles. The Balaban J connectivity index is 1.62. The van der Waals surface area contributed by atoms with Crippen molar-refractivity contribution in [3.8, 4) is 0 Å². The number of benzene rings is 1. The minimum atomic E-state index is 0.0282. The smallest absolute Gasteiger partial charge is 0.240 e. The Morgan fingerprint density at radius 3 is 2.76 bits per heavy atom. The third-order valence-electron chi connectivity index (χ3n) is 4.63. The molecule has 0 spiro atoms. The Morgan fingerprint density at radius 2 is 2.10 bits per heavy atom. The summed E-state index contributed by atoms with van der Waals surface area (Å²) in [5.41, 5.74) is 2.65. The van der Waals surface area contributed by atoms with E-state index >= 15 is 0 Å². The Labute approximate surface area is 127 Å². The average Bonchev–Trinajstić information content (AvgIpc) is 2.55. The largest absolute Gasteiger partial charge is 0.337 e. The lowest BCUT2D eigenvalue weighted by molar-refractivity contribution is -0.134. The maximum Gasteiger partial charge on any atom is 0.240 e. The maximum absolute atomic E-state index is 12.6. The number of rotatable bonds is 2. The highest BCUT2D eigenvalue weighted by Crippen LogP contribution is 2.23. The fraction of sp³-hybridized carbons (Fsp3) is 0.500. The molecule has 1 fully saturated rings. The first kappa shape index (κ1) is 14.3. The highest BCUT2D eigenvalue weighted by atomic mass is 16.2. The first-order valence-corrected chi connectivity index (χ1v) is 8.00. The van der Waals surface area contributed by atoms with Crippen molar-refractivity contribution < 1.29 is 4.79 Å². The molecule has 1 saturated heterocycles. The molecule has 3 heteroatoms. The zero-order valence-corrected chi connectivity index (χ0v) is 12.7. The average molecular weight is 284 g/mol. The first-order valence-electron chi connectivity index (χ1n) is 8.00. The molecular formula is C18H24N2O. The third-order valence-corrected chi connectivity index (χ3v) is 4.63. The predicted octanol–water partition coefficient (Wildman–Crippen LogP) is 2.69. The molecule has 0 radical (unpaired) electrons. The van der Waals surface area contributed by atoms with Crippen molar-refractivity contribution in [2.24, 2.45) is 5.92 Å².